The van der Waals surface area contributed by atoms with Crippen molar-refractivity contribution in [1.82, 2.24) is 20.2 Å². The maximum Gasteiger partial charge on any atom is 0.223 e. The van der Waals surface area contributed by atoms with Crippen LogP contribution in [0.15, 0.2) is 48.8 Å². The van der Waals surface area contributed by atoms with Crippen LogP contribution < -0.4 is 15.0 Å². The monoisotopic (exact) mass is 445 g/mol. The third kappa shape index (κ3) is 4.50. The van der Waals surface area contributed by atoms with Crippen molar-refractivity contribution in [3.05, 3.63) is 59.9 Å². The van der Waals surface area contributed by atoms with Gasteiger partial charge in [0.25, 0.3) is 0 Å². The van der Waals surface area contributed by atoms with Gasteiger partial charge >= 0.3 is 0 Å². The Kier molecular flexibility index (Phi) is 6.13. The SMILES string of the molecule is COc1cnc2cccc(CNCCC(=O)N3CC4CCC(C3)N4c3ccc(C)cn3)c2c1. The fourth-order valence-corrected chi connectivity index (χ4v) is 5.13. The predicted octanol–water partition coefficient (Wildman–Crippen LogP) is 3.31. The summed E-state index contributed by atoms with van der Waals surface area (Å²) in [5, 5.41) is 4.52. The lowest BCUT2D eigenvalue weighted by Gasteiger charge is -2.42. The van der Waals surface area contributed by atoms with E-state index in [1.807, 2.05) is 24.4 Å². The quantitative estimate of drug-likeness (QED) is 0.563. The first kappa shape index (κ1) is 21.6. The number of pyridine rings is 2. The predicted molar refractivity (Wildman–Crippen MR) is 129 cm³/mol. The maximum absolute atomic E-state index is 12.9. The van der Waals surface area contributed by atoms with Gasteiger partial charge in [-0.2, -0.15) is 0 Å². The van der Waals surface area contributed by atoms with E-state index in [9.17, 15) is 4.79 Å². The molecule has 0 spiro atoms. The van der Waals surface area contributed by atoms with E-state index in [-0.39, 0.29) is 5.91 Å². The van der Waals surface area contributed by atoms with Crippen molar-refractivity contribution in [3.8, 4) is 5.75 Å². The largest absolute Gasteiger partial charge is 0.495 e. The van der Waals surface area contributed by atoms with Gasteiger partial charge in [0.1, 0.15) is 11.6 Å². The molecule has 2 fully saturated rings. The fraction of sp³-hybridized carbons (Fsp3) is 0.423. The lowest BCUT2D eigenvalue weighted by molar-refractivity contribution is -0.132. The van der Waals surface area contributed by atoms with Gasteiger partial charge in [-0.3, -0.25) is 9.78 Å². The second kappa shape index (κ2) is 9.35. The second-order valence-electron chi connectivity index (χ2n) is 9.07. The highest BCUT2D eigenvalue weighted by Crippen LogP contribution is 2.34. The van der Waals surface area contributed by atoms with Crippen molar-refractivity contribution in [2.45, 2.75) is 44.8 Å². The van der Waals surface area contributed by atoms with Gasteiger partial charge in [0.15, 0.2) is 0 Å². The van der Waals surface area contributed by atoms with E-state index < -0.39 is 0 Å². The Bertz CT molecular complexity index is 1120. The van der Waals surface area contributed by atoms with E-state index in [0.29, 0.717) is 31.6 Å². The minimum atomic E-state index is 0.233. The summed E-state index contributed by atoms with van der Waals surface area (Å²) in [6.45, 7) is 4.99. The number of ether oxygens (including phenoxy) is 1. The van der Waals surface area contributed by atoms with E-state index in [1.165, 1.54) is 5.56 Å². The zero-order valence-electron chi connectivity index (χ0n) is 19.3. The number of carbonyl (C=O) groups excluding carboxylic acids is 1. The highest BCUT2D eigenvalue weighted by atomic mass is 16.5. The lowest BCUT2D eigenvalue weighted by Crippen LogP contribution is -2.56. The summed E-state index contributed by atoms with van der Waals surface area (Å²) in [6.07, 6.45) is 6.43. The molecule has 2 bridgehead atoms. The molecular formula is C26H31N5O2. The van der Waals surface area contributed by atoms with Gasteiger partial charge in [0, 0.05) is 56.3 Å². The topological polar surface area (TPSA) is 70.6 Å². The third-order valence-corrected chi connectivity index (χ3v) is 6.85. The third-order valence-electron chi connectivity index (χ3n) is 6.85. The Labute approximate surface area is 194 Å². The first-order chi connectivity index (χ1) is 16.1. The summed E-state index contributed by atoms with van der Waals surface area (Å²) >= 11 is 0. The summed E-state index contributed by atoms with van der Waals surface area (Å²) in [5.74, 6) is 2.03. The number of aromatic nitrogens is 2. The van der Waals surface area contributed by atoms with Crippen LogP contribution in [0.2, 0.25) is 0 Å². The number of rotatable bonds is 7. The number of hydrogen-bond acceptors (Lipinski definition) is 6. The number of nitrogens with zero attached hydrogens (tertiary/aromatic N) is 4. The van der Waals surface area contributed by atoms with Crippen molar-refractivity contribution >= 4 is 22.6 Å². The molecule has 0 aliphatic carbocycles. The Morgan fingerprint density at radius 1 is 1.12 bits per heavy atom. The lowest BCUT2D eigenvalue weighted by atomic mass is 10.1. The number of benzene rings is 1. The van der Waals surface area contributed by atoms with Gasteiger partial charge in [-0.25, -0.2) is 4.98 Å². The zero-order valence-corrected chi connectivity index (χ0v) is 19.3. The van der Waals surface area contributed by atoms with Crippen LogP contribution in [-0.4, -0.2) is 59.6 Å². The average Bonchev–Trinajstić information content (AvgIpc) is 3.10. The molecule has 172 valence electrons. The van der Waals surface area contributed by atoms with Crippen LogP contribution in [0.4, 0.5) is 5.82 Å². The number of anilines is 1. The smallest absolute Gasteiger partial charge is 0.223 e. The van der Waals surface area contributed by atoms with Crippen molar-refractivity contribution in [2.75, 3.05) is 31.6 Å². The molecule has 4 heterocycles. The summed E-state index contributed by atoms with van der Waals surface area (Å²) in [4.78, 5) is 26.5. The number of carbonyl (C=O) groups is 1. The van der Waals surface area contributed by atoms with Crippen LogP contribution in [0.1, 0.15) is 30.4 Å². The van der Waals surface area contributed by atoms with Gasteiger partial charge < -0.3 is 19.9 Å². The van der Waals surface area contributed by atoms with E-state index in [1.54, 1.807) is 13.3 Å². The molecule has 0 saturated carbocycles. The molecule has 2 aromatic heterocycles. The number of aryl methyl sites for hydroxylation is 1. The van der Waals surface area contributed by atoms with Crippen LogP contribution in [0.5, 0.6) is 5.75 Å². The Morgan fingerprint density at radius 2 is 1.94 bits per heavy atom. The van der Waals surface area contributed by atoms with Gasteiger partial charge in [-0.15, -0.1) is 0 Å². The second-order valence-corrected chi connectivity index (χ2v) is 9.07. The molecule has 7 nitrogen and oxygen atoms in total. The Balaban J connectivity index is 1.15. The molecule has 3 aromatic rings. The molecule has 0 radical (unpaired) electrons. The number of amides is 1. The number of fused-ring (bicyclic) bond motifs is 3. The minimum absolute atomic E-state index is 0.233. The molecular weight excluding hydrogens is 414 g/mol. The van der Waals surface area contributed by atoms with Gasteiger partial charge in [0.05, 0.1) is 18.8 Å². The highest BCUT2D eigenvalue weighted by molar-refractivity contribution is 5.83. The number of methoxy groups -OCH3 is 1. The van der Waals surface area contributed by atoms with Crippen LogP contribution in [0.25, 0.3) is 10.9 Å². The van der Waals surface area contributed by atoms with Gasteiger partial charge in [-0.1, -0.05) is 18.2 Å². The number of nitrogens with one attached hydrogen (secondary N) is 1. The maximum atomic E-state index is 12.9. The van der Waals surface area contributed by atoms with Crippen molar-refractivity contribution in [3.63, 3.8) is 0 Å². The molecule has 7 heteroatoms. The molecule has 33 heavy (non-hydrogen) atoms. The van der Waals surface area contributed by atoms with Gasteiger partial charge in [0.2, 0.25) is 5.91 Å². The fourth-order valence-electron chi connectivity index (χ4n) is 5.13. The van der Waals surface area contributed by atoms with E-state index in [2.05, 4.69) is 50.2 Å². The average molecular weight is 446 g/mol. The summed E-state index contributed by atoms with van der Waals surface area (Å²) in [7, 11) is 1.65. The van der Waals surface area contributed by atoms with E-state index in [4.69, 9.17) is 4.74 Å². The molecule has 2 saturated heterocycles. The zero-order chi connectivity index (χ0) is 22.8. The molecule has 2 atom stereocenters. The van der Waals surface area contributed by atoms with Crippen molar-refractivity contribution < 1.29 is 9.53 Å². The van der Waals surface area contributed by atoms with Crippen LogP contribution in [0.3, 0.4) is 0 Å². The Hall–Kier alpha value is -3.19. The standard InChI is InChI=1S/C26H31N5O2/c1-18-6-9-25(29-13-18)31-20-7-8-21(31)17-30(16-20)26(32)10-11-27-14-19-4-3-5-24-23(19)12-22(33-2)15-28-24/h3-6,9,12-13,15,20-21,27H,7-8,10-11,14,16-17H2,1-2H3. The number of piperazine rings is 1. The first-order valence-corrected chi connectivity index (χ1v) is 11.7. The molecule has 1 N–H and O–H groups in total. The molecule has 1 amide bonds. The number of likely N-dealkylation sites (tertiary alicyclic amines) is 1. The first-order valence-electron chi connectivity index (χ1n) is 11.7. The summed E-state index contributed by atoms with van der Waals surface area (Å²) in [6, 6.07) is 13.1. The molecule has 2 unspecified atom stereocenters. The van der Waals surface area contributed by atoms with Crippen molar-refractivity contribution in [1.29, 1.82) is 0 Å². The molecule has 2 aliphatic heterocycles. The molecule has 1 aromatic carbocycles. The van der Waals surface area contributed by atoms with E-state index >= 15 is 0 Å². The molecule has 5 rings (SSSR count). The van der Waals surface area contributed by atoms with Crippen molar-refractivity contribution in [2.24, 2.45) is 0 Å². The van der Waals surface area contributed by atoms with Crippen LogP contribution >= 0.6 is 0 Å². The normalized spacial score (nSPS) is 19.8. The highest BCUT2D eigenvalue weighted by Gasteiger charge is 2.41. The van der Waals surface area contributed by atoms with Crippen LogP contribution in [-0.2, 0) is 11.3 Å². The van der Waals surface area contributed by atoms with E-state index in [0.717, 1.165) is 54.0 Å². The minimum Gasteiger partial charge on any atom is -0.495 e. The summed E-state index contributed by atoms with van der Waals surface area (Å²) < 4.78 is 5.32. The summed E-state index contributed by atoms with van der Waals surface area (Å²) in [5.41, 5.74) is 3.28. The number of hydrogen-bond donors (Lipinski definition) is 1. The van der Waals surface area contributed by atoms with Gasteiger partial charge in [-0.05, 0) is 49.1 Å². The molecule has 2 aliphatic rings. The Morgan fingerprint density at radius 3 is 2.67 bits per heavy atom. The van der Waals surface area contributed by atoms with Crippen LogP contribution in [0, 0.1) is 6.92 Å².